The van der Waals surface area contributed by atoms with Crippen molar-refractivity contribution >= 4 is 34.4 Å². The Hall–Kier alpha value is -1.85. The van der Waals surface area contributed by atoms with E-state index in [1.54, 1.807) is 18.4 Å². The molecule has 10 nitrogen and oxygen atoms in total. The zero-order valence-electron chi connectivity index (χ0n) is 13.4. The Labute approximate surface area is 146 Å². The Bertz CT molecular complexity index is 840. The van der Waals surface area contributed by atoms with Crippen molar-refractivity contribution < 1.29 is 24.1 Å². The van der Waals surface area contributed by atoms with E-state index < -0.39 is 41.7 Å². The number of carbonyl (C=O) groups excluding carboxylic acids is 1. The van der Waals surface area contributed by atoms with Crippen LogP contribution in [0.2, 0.25) is 0 Å². The van der Waals surface area contributed by atoms with E-state index in [0.29, 0.717) is 11.2 Å². The summed E-state index contributed by atoms with van der Waals surface area (Å²) in [7, 11) is 0. The molecule has 2 aromatic rings. The lowest BCUT2D eigenvalue weighted by atomic mass is 10.1. The molecule has 2 aliphatic heterocycles. The van der Waals surface area contributed by atoms with Crippen molar-refractivity contribution in [3.63, 3.8) is 0 Å². The average Bonchev–Trinajstić information content (AvgIpc) is 3.17. The summed E-state index contributed by atoms with van der Waals surface area (Å²) >= 11 is 5.53. The molecule has 2 aromatic heterocycles. The molecule has 25 heavy (non-hydrogen) atoms. The molecule has 0 aliphatic carbocycles. The SMILES string of the molecule is CC1(C)O[C@@H]2[C@H](O1)[C@@H](C(=O)C(O)Cl)O[C@H]2n1cnc2c(N)ncnc21. The number of imidazole rings is 1. The van der Waals surface area contributed by atoms with Crippen LogP contribution in [0.15, 0.2) is 12.7 Å². The number of rotatable bonds is 3. The fourth-order valence-electron chi connectivity index (χ4n) is 3.22. The highest BCUT2D eigenvalue weighted by molar-refractivity contribution is 6.30. The van der Waals surface area contributed by atoms with Gasteiger partial charge in [0.2, 0.25) is 5.78 Å². The van der Waals surface area contributed by atoms with Crippen molar-refractivity contribution in [3.8, 4) is 0 Å². The normalized spacial score (nSPS) is 32.0. The number of ether oxygens (including phenoxy) is 3. The molecule has 0 radical (unpaired) electrons. The van der Waals surface area contributed by atoms with Crippen LogP contribution >= 0.6 is 11.6 Å². The number of carbonyl (C=O) groups is 1. The second kappa shape index (κ2) is 5.58. The fraction of sp³-hybridized carbons (Fsp3) is 0.571. The van der Waals surface area contributed by atoms with Crippen molar-refractivity contribution in [1.82, 2.24) is 19.5 Å². The van der Waals surface area contributed by atoms with Crippen LogP contribution in [0.5, 0.6) is 0 Å². The lowest BCUT2D eigenvalue weighted by Gasteiger charge is -2.24. The maximum Gasteiger partial charge on any atom is 0.208 e. The largest absolute Gasteiger partial charge is 0.382 e. The number of halogens is 1. The Balaban J connectivity index is 1.76. The number of hydrogen-bond acceptors (Lipinski definition) is 9. The van der Waals surface area contributed by atoms with Gasteiger partial charge in [-0.05, 0) is 13.8 Å². The number of nitrogens with zero attached hydrogens (tertiary/aromatic N) is 4. The summed E-state index contributed by atoms with van der Waals surface area (Å²) in [6.45, 7) is 3.46. The van der Waals surface area contributed by atoms with Crippen molar-refractivity contribution in [1.29, 1.82) is 0 Å². The third-order valence-electron chi connectivity index (χ3n) is 4.21. The minimum absolute atomic E-state index is 0.228. The van der Waals surface area contributed by atoms with Gasteiger partial charge in [-0.25, -0.2) is 15.0 Å². The summed E-state index contributed by atoms with van der Waals surface area (Å²) in [6, 6.07) is 0. The molecule has 134 valence electrons. The molecule has 5 atom stereocenters. The summed E-state index contributed by atoms with van der Waals surface area (Å²) in [4.78, 5) is 24.5. The number of ketones is 1. The smallest absolute Gasteiger partial charge is 0.208 e. The number of Topliss-reactive ketones (excluding diaryl/α,β-unsaturated/α-hetero) is 1. The molecule has 11 heteroatoms. The molecule has 0 bridgehead atoms. The van der Waals surface area contributed by atoms with E-state index in [-0.39, 0.29) is 5.82 Å². The molecule has 3 N–H and O–H groups in total. The first-order chi connectivity index (χ1) is 11.8. The van der Waals surface area contributed by atoms with Crippen molar-refractivity contribution in [3.05, 3.63) is 12.7 Å². The van der Waals surface area contributed by atoms with Gasteiger partial charge in [0.15, 0.2) is 35.1 Å². The Morgan fingerprint density at radius 2 is 2.08 bits per heavy atom. The van der Waals surface area contributed by atoms with Gasteiger partial charge in [0.1, 0.15) is 24.1 Å². The van der Waals surface area contributed by atoms with Gasteiger partial charge in [-0.2, -0.15) is 0 Å². The summed E-state index contributed by atoms with van der Waals surface area (Å²) < 4.78 is 19.1. The van der Waals surface area contributed by atoms with Crippen LogP contribution in [-0.2, 0) is 19.0 Å². The standard InChI is InChI=1S/C14H16ClN5O5/c1-14(2)24-8-7(6(21)10(15)22)23-13(9(8)25-14)20-4-19-5-11(16)17-3-18-12(5)20/h3-4,7-10,13,22H,1-2H3,(H2,16,17,18)/t7-,8-,9-,10?,13-/m1/s1. The Morgan fingerprint density at radius 1 is 1.36 bits per heavy atom. The highest BCUT2D eigenvalue weighted by atomic mass is 35.5. The fourth-order valence-corrected chi connectivity index (χ4v) is 3.35. The molecule has 0 spiro atoms. The summed E-state index contributed by atoms with van der Waals surface area (Å²) in [5.74, 6) is -1.39. The summed E-state index contributed by atoms with van der Waals surface area (Å²) in [5, 5.41) is 9.44. The molecule has 0 saturated carbocycles. The van der Waals surface area contributed by atoms with Crippen LogP contribution in [0.1, 0.15) is 20.1 Å². The highest BCUT2D eigenvalue weighted by Gasteiger charge is 2.58. The number of aliphatic hydroxyl groups is 1. The van der Waals surface area contributed by atoms with Crippen LogP contribution < -0.4 is 5.73 Å². The Morgan fingerprint density at radius 3 is 2.80 bits per heavy atom. The number of anilines is 1. The molecule has 0 amide bonds. The number of aliphatic hydroxyl groups excluding tert-OH is 1. The van der Waals surface area contributed by atoms with Gasteiger partial charge < -0.3 is 25.1 Å². The van der Waals surface area contributed by atoms with E-state index in [4.69, 9.17) is 31.5 Å². The first-order valence-corrected chi connectivity index (χ1v) is 8.02. The van der Waals surface area contributed by atoms with Crippen LogP contribution in [0.3, 0.4) is 0 Å². The Kier molecular flexibility index (Phi) is 3.71. The first kappa shape index (κ1) is 16.6. The maximum absolute atomic E-state index is 12.2. The lowest BCUT2D eigenvalue weighted by molar-refractivity contribution is -0.198. The van der Waals surface area contributed by atoms with Crippen LogP contribution in [0, 0.1) is 0 Å². The van der Waals surface area contributed by atoms with Crippen LogP contribution in [0.25, 0.3) is 11.2 Å². The van der Waals surface area contributed by atoms with Crippen molar-refractivity contribution in [2.24, 2.45) is 0 Å². The van der Waals surface area contributed by atoms with Gasteiger partial charge in [0.25, 0.3) is 0 Å². The number of nitrogens with two attached hydrogens (primary N) is 1. The quantitative estimate of drug-likeness (QED) is 0.714. The number of aromatic nitrogens is 4. The molecular formula is C14H16ClN5O5. The molecule has 4 rings (SSSR count). The van der Waals surface area contributed by atoms with Gasteiger partial charge in [-0.1, -0.05) is 11.6 Å². The number of alkyl halides is 1. The minimum atomic E-state index is -1.70. The maximum atomic E-state index is 12.2. The van der Waals surface area contributed by atoms with Gasteiger partial charge in [-0.15, -0.1) is 0 Å². The molecule has 1 unspecified atom stereocenters. The average molecular weight is 370 g/mol. The van der Waals surface area contributed by atoms with Crippen LogP contribution in [0.4, 0.5) is 5.82 Å². The highest BCUT2D eigenvalue weighted by Crippen LogP contribution is 2.44. The third kappa shape index (κ3) is 2.57. The van der Waals surface area contributed by atoms with Gasteiger partial charge >= 0.3 is 0 Å². The topological polar surface area (TPSA) is 135 Å². The molecular weight excluding hydrogens is 354 g/mol. The van der Waals surface area contributed by atoms with E-state index in [0.717, 1.165) is 0 Å². The van der Waals surface area contributed by atoms with Gasteiger partial charge in [0, 0.05) is 0 Å². The predicted octanol–water partition coefficient (Wildman–Crippen LogP) is -0.0477. The first-order valence-electron chi connectivity index (χ1n) is 7.58. The zero-order valence-corrected chi connectivity index (χ0v) is 14.1. The molecule has 0 aromatic carbocycles. The minimum Gasteiger partial charge on any atom is -0.382 e. The number of hydrogen-bond donors (Lipinski definition) is 2. The van der Waals surface area contributed by atoms with E-state index in [1.165, 1.54) is 12.7 Å². The predicted molar refractivity (Wildman–Crippen MR) is 84.3 cm³/mol. The summed E-state index contributed by atoms with van der Waals surface area (Å²) in [5.41, 5.74) is 4.95. The monoisotopic (exact) mass is 369 g/mol. The molecule has 2 saturated heterocycles. The van der Waals surface area contributed by atoms with Crippen LogP contribution in [-0.4, -0.2) is 60.1 Å². The number of nitrogen functional groups attached to an aromatic ring is 1. The second-order valence-electron chi connectivity index (χ2n) is 6.33. The molecule has 2 aliphatic rings. The molecule has 2 fully saturated rings. The second-order valence-corrected chi connectivity index (χ2v) is 6.75. The van der Waals surface area contributed by atoms with Gasteiger partial charge in [-0.3, -0.25) is 9.36 Å². The zero-order chi connectivity index (χ0) is 17.9. The third-order valence-corrected chi connectivity index (χ3v) is 4.42. The lowest BCUT2D eigenvalue weighted by Crippen LogP contribution is -2.39. The van der Waals surface area contributed by atoms with E-state index in [2.05, 4.69) is 15.0 Å². The summed E-state index contributed by atoms with van der Waals surface area (Å²) in [6.07, 6.45) is -0.388. The number of fused-ring (bicyclic) bond motifs is 2. The van der Waals surface area contributed by atoms with Gasteiger partial charge in [0.05, 0.1) is 6.33 Å². The van der Waals surface area contributed by atoms with Crippen molar-refractivity contribution in [2.75, 3.05) is 5.73 Å². The van der Waals surface area contributed by atoms with E-state index in [9.17, 15) is 9.90 Å². The van der Waals surface area contributed by atoms with E-state index in [1.807, 2.05) is 0 Å². The van der Waals surface area contributed by atoms with E-state index >= 15 is 0 Å². The molecule has 4 heterocycles. The van der Waals surface area contributed by atoms with Crippen molar-refractivity contribution in [2.45, 2.75) is 49.7 Å².